The van der Waals surface area contributed by atoms with Gasteiger partial charge in [-0.15, -0.1) is 11.8 Å². The molecule has 0 aliphatic carbocycles. The summed E-state index contributed by atoms with van der Waals surface area (Å²) in [4.78, 5) is 25.6. The van der Waals surface area contributed by atoms with Crippen LogP contribution in [0.5, 0.6) is 0 Å². The summed E-state index contributed by atoms with van der Waals surface area (Å²) in [6.07, 6.45) is 3.72. The van der Waals surface area contributed by atoms with E-state index in [0.29, 0.717) is 12.1 Å². The van der Waals surface area contributed by atoms with Crippen LogP contribution in [0, 0.1) is 0 Å². The molecule has 0 aliphatic rings. The summed E-state index contributed by atoms with van der Waals surface area (Å²) in [6.45, 7) is 2.87. The van der Waals surface area contributed by atoms with E-state index in [2.05, 4.69) is 40.7 Å². The van der Waals surface area contributed by atoms with Gasteiger partial charge in [0.15, 0.2) is 0 Å². The van der Waals surface area contributed by atoms with Gasteiger partial charge in [0.05, 0.1) is 19.2 Å². The molecule has 7 heteroatoms. The summed E-state index contributed by atoms with van der Waals surface area (Å²) in [5.41, 5.74) is 4.88. The van der Waals surface area contributed by atoms with Gasteiger partial charge in [-0.2, -0.15) is 5.10 Å². The number of ether oxygens (including phenoxy) is 1. The molecule has 0 saturated heterocycles. The van der Waals surface area contributed by atoms with Crippen LogP contribution in [0.3, 0.4) is 0 Å². The molecule has 1 heterocycles. The topological polar surface area (TPSA) is 73.2 Å². The van der Waals surface area contributed by atoms with Gasteiger partial charge < -0.3 is 10.1 Å². The highest BCUT2D eigenvalue weighted by Gasteiger charge is 2.19. The molecule has 0 fully saturated rings. The zero-order valence-electron chi connectivity index (χ0n) is 19.7. The third-order valence-electron chi connectivity index (χ3n) is 5.59. The van der Waals surface area contributed by atoms with Gasteiger partial charge in [0.2, 0.25) is 0 Å². The van der Waals surface area contributed by atoms with Crippen LogP contribution < -0.4 is 5.32 Å². The monoisotopic (exact) mass is 485 g/mol. The summed E-state index contributed by atoms with van der Waals surface area (Å²) in [5.74, 6) is -0.510. The largest absolute Gasteiger partial charge is 0.468 e. The van der Waals surface area contributed by atoms with Crippen molar-refractivity contribution in [2.75, 3.05) is 7.11 Å². The number of amides is 1. The van der Waals surface area contributed by atoms with Crippen LogP contribution in [-0.2, 0) is 22.6 Å². The molecule has 0 saturated carbocycles. The van der Waals surface area contributed by atoms with Gasteiger partial charge in [-0.05, 0) is 47.4 Å². The fourth-order valence-electron chi connectivity index (χ4n) is 3.76. The van der Waals surface area contributed by atoms with Crippen LogP contribution in [0.2, 0.25) is 0 Å². The standard InChI is InChI=1S/C28H27N3O3S/c1-20(28(33)34-2)35-26-11-6-5-10-25(26)27(32)29-18-23-8-3-4-9-24(23)22-14-12-21(13-15-22)19-31-17-7-16-30-31/h3-17,20H,18-19H2,1-2H3,(H,29,32). The molecule has 178 valence electrons. The first kappa shape index (κ1) is 24.3. The summed E-state index contributed by atoms with van der Waals surface area (Å²) >= 11 is 1.31. The van der Waals surface area contributed by atoms with E-state index in [-0.39, 0.29) is 11.9 Å². The Kier molecular flexibility index (Phi) is 8.00. The van der Waals surface area contributed by atoms with Crippen molar-refractivity contribution in [3.8, 4) is 11.1 Å². The molecular formula is C28H27N3O3S. The van der Waals surface area contributed by atoms with Gasteiger partial charge in [0.25, 0.3) is 5.91 Å². The second-order valence-corrected chi connectivity index (χ2v) is 9.40. The molecular weight excluding hydrogens is 458 g/mol. The molecule has 4 rings (SSSR count). The van der Waals surface area contributed by atoms with E-state index in [1.54, 1.807) is 19.2 Å². The number of carbonyl (C=O) groups is 2. The van der Waals surface area contributed by atoms with Crippen molar-refractivity contribution in [1.29, 1.82) is 0 Å². The minimum Gasteiger partial charge on any atom is -0.468 e. The van der Waals surface area contributed by atoms with Gasteiger partial charge in [-0.25, -0.2) is 0 Å². The maximum absolute atomic E-state index is 13.1. The summed E-state index contributed by atoms with van der Waals surface area (Å²) in [7, 11) is 1.36. The second-order valence-electron chi connectivity index (χ2n) is 8.02. The van der Waals surface area contributed by atoms with Gasteiger partial charge in [-0.3, -0.25) is 14.3 Å². The van der Waals surface area contributed by atoms with E-state index in [1.807, 2.05) is 53.3 Å². The van der Waals surface area contributed by atoms with Crippen molar-refractivity contribution in [1.82, 2.24) is 15.1 Å². The van der Waals surface area contributed by atoms with Crippen LogP contribution in [0.15, 0.2) is 96.2 Å². The molecule has 3 aromatic carbocycles. The Morgan fingerprint density at radius 2 is 1.74 bits per heavy atom. The number of nitrogens with one attached hydrogen (secondary N) is 1. The third kappa shape index (κ3) is 6.19. The number of carbonyl (C=O) groups excluding carboxylic acids is 2. The normalized spacial score (nSPS) is 11.6. The maximum Gasteiger partial charge on any atom is 0.318 e. The van der Waals surface area contributed by atoms with Crippen molar-refractivity contribution in [2.24, 2.45) is 0 Å². The number of nitrogens with zero attached hydrogens (tertiary/aromatic N) is 2. The average molecular weight is 486 g/mol. The highest BCUT2D eigenvalue weighted by molar-refractivity contribution is 8.00. The van der Waals surface area contributed by atoms with E-state index < -0.39 is 5.25 Å². The Balaban J connectivity index is 1.46. The second kappa shape index (κ2) is 11.5. The Labute approximate surface area is 209 Å². The average Bonchev–Trinajstić information content (AvgIpc) is 3.41. The van der Waals surface area contributed by atoms with E-state index in [1.165, 1.54) is 24.4 Å². The van der Waals surface area contributed by atoms with E-state index in [4.69, 9.17) is 4.74 Å². The lowest BCUT2D eigenvalue weighted by Gasteiger charge is -2.14. The number of aromatic nitrogens is 2. The fourth-order valence-corrected chi connectivity index (χ4v) is 4.78. The van der Waals surface area contributed by atoms with Crippen molar-refractivity contribution in [3.63, 3.8) is 0 Å². The fraction of sp³-hybridized carbons (Fsp3) is 0.179. The van der Waals surface area contributed by atoms with Crippen LogP contribution >= 0.6 is 11.8 Å². The quantitative estimate of drug-likeness (QED) is 0.261. The number of thioether (sulfide) groups is 1. The zero-order valence-corrected chi connectivity index (χ0v) is 20.5. The predicted molar refractivity (Wildman–Crippen MR) is 138 cm³/mol. The summed E-state index contributed by atoms with van der Waals surface area (Å²) in [5, 5.41) is 6.89. The van der Waals surface area contributed by atoms with Gasteiger partial charge in [0, 0.05) is 23.8 Å². The lowest BCUT2D eigenvalue weighted by atomic mass is 9.98. The number of hydrogen-bond acceptors (Lipinski definition) is 5. The molecule has 4 aromatic rings. The molecule has 0 radical (unpaired) electrons. The predicted octanol–water partition coefficient (Wildman–Crippen LogP) is 5.18. The number of benzene rings is 3. The summed E-state index contributed by atoms with van der Waals surface area (Å²) < 4.78 is 6.70. The molecule has 1 aromatic heterocycles. The van der Waals surface area contributed by atoms with Crippen LogP contribution in [0.1, 0.15) is 28.4 Å². The van der Waals surface area contributed by atoms with Crippen LogP contribution in [-0.4, -0.2) is 34.0 Å². The number of hydrogen-bond donors (Lipinski definition) is 1. The SMILES string of the molecule is COC(=O)C(C)Sc1ccccc1C(=O)NCc1ccccc1-c1ccc(Cn2cccn2)cc1. The molecule has 1 unspecified atom stereocenters. The smallest absolute Gasteiger partial charge is 0.318 e. The summed E-state index contributed by atoms with van der Waals surface area (Å²) in [6, 6.07) is 25.6. The zero-order chi connectivity index (χ0) is 24.6. The van der Waals surface area contributed by atoms with Crippen molar-refractivity contribution in [3.05, 3.63) is 108 Å². The molecule has 0 aliphatic heterocycles. The lowest BCUT2D eigenvalue weighted by Crippen LogP contribution is -2.24. The Hall–Kier alpha value is -3.84. The highest BCUT2D eigenvalue weighted by atomic mass is 32.2. The van der Waals surface area contributed by atoms with Gasteiger partial charge >= 0.3 is 5.97 Å². The first-order valence-electron chi connectivity index (χ1n) is 11.3. The Bertz CT molecular complexity index is 1290. The first-order valence-corrected chi connectivity index (χ1v) is 12.2. The first-order chi connectivity index (χ1) is 17.0. The van der Waals surface area contributed by atoms with Crippen molar-refractivity contribution >= 4 is 23.6 Å². The minimum absolute atomic E-state index is 0.186. The van der Waals surface area contributed by atoms with Gasteiger partial charge in [0.1, 0.15) is 5.25 Å². The Morgan fingerprint density at radius 1 is 1.00 bits per heavy atom. The minimum atomic E-state index is -0.411. The van der Waals surface area contributed by atoms with Crippen LogP contribution in [0.4, 0.5) is 0 Å². The van der Waals surface area contributed by atoms with Crippen molar-refractivity contribution < 1.29 is 14.3 Å². The highest BCUT2D eigenvalue weighted by Crippen LogP contribution is 2.28. The lowest BCUT2D eigenvalue weighted by molar-refractivity contribution is -0.139. The number of esters is 1. The number of methoxy groups -OCH3 is 1. The van der Waals surface area contributed by atoms with E-state index in [9.17, 15) is 9.59 Å². The van der Waals surface area contributed by atoms with Crippen LogP contribution in [0.25, 0.3) is 11.1 Å². The van der Waals surface area contributed by atoms with E-state index in [0.717, 1.165) is 28.1 Å². The third-order valence-corrected chi connectivity index (χ3v) is 6.75. The van der Waals surface area contributed by atoms with Gasteiger partial charge in [-0.1, -0.05) is 60.7 Å². The molecule has 1 N–H and O–H groups in total. The van der Waals surface area contributed by atoms with Crippen molar-refractivity contribution in [2.45, 2.75) is 30.2 Å². The molecule has 0 bridgehead atoms. The number of rotatable bonds is 9. The molecule has 35 heavy (non-hydrogen) atoms. The Morgan fingerprint density at radius 3 is 2.49 bits per heavy atom. The maximum atomic E-state index is 13.1. The molecule has 1 amide bonds. The van der Waals surface area contributed by atoms with E-state index >= 15 is 0 Å². The molecule has 0 spiro atoms. The molecule has 1 atom stereocenters. The molecule has 6 nitrogen and oxygen atoms in total.